The van der Waals surface area contributed by atoms with E-state index in [0.29, 0.717) is 22.8 Å². The number of aryl methyl sites for hydroxylation is 1. The molecule has 0 atom stereocenters. The second kappa shape index (κ2) is 9.19. The Morgan fingerprint density at radius 1 is 1.09 bits per heavy atom. The zero-order valence-electron chi connectivity index (χ0n) is 16.8. The van der Waals surface area contributed by atoms with Crippen molar-refractivity contribution in [3.05, 3.63) is 93.6 Å². The van der Waals surface area contributed by atoms with Gasteiger partial charge in [-0.1, -0.05) is 24.3 Å². The second-order valence-electron chi connectivity index (χ2n) is 6.90. The van der Waals surface area contributed by atoms with Gasteiger partial charge in [-0.3, -0.25) is 14.8 Å². The molecule has 10 heteroatoms. The van der Waals surface area contributed by atoms with Crippen LogP contribution in [-0.2, 0) is 16.4 Å². The zero-order valence-corrected chi connectivity index (χ0v) is 19.3. The van der Waals surface area contributed by atoms with Gasteiger partial charge >= 0.3 is 0 Å². The fourth-order valence-corrected chi connectivity index (χ4v) is 5.98. The third-order valence-electron chi connectivity index (χ3n) is 4.53. The molecule has 164 valence electrons. The molecular formula is C22H18FN3O3S3. The predicted octanol–water partition coefficient (Wildman–Crippen LogP) is 5.30. The highest BCUT2D eigenvalue weighted by molar-refractivity contribution is 7.94. The smallest absolute Gasteiger partial charge is 0.271 e. The number of hydrogen-bond acceptors (Lipinski definition) is 6. The third-order valence-corrected chi connectivity index (χ3v) is 8.38. The molecule has 0 radical (unpaired) electrons. The number of rotatable bonds is 7. The molecule has 0 aliphatic carbocycles. The van der Waals surface area contributed by atoms with Gasteiger partial charge in [0.15, 0.2) is 5.13 Å². The summed E-state index contributed by atoms with van der Waals surface area (Å²) in [5.74, 6) is -0.688. The van der Waals surface area contributed by atoms with E-state index in [0.717, 1.165) is 27.5 Å². The molecule has 0 bridgehead atoms. The van der Waals surface area contributed by atoms with Gasteiger partial charge in [-0.25, -0.2) is 17.8 Å². The quantitative estimate of drug-likeness (QED) is 0.370. The molecule has 0 saturated heterocycles. The average Bonchev–Trinajstić information content (AvgIpc) is 3.41. The van der Waals surface area contributed by atoms with Crippen molar-refractivity contribution in [1.82, 2.24) is 4.98 Å². The topological polar surface area (TPSA) is 88.2 Å². The number of amides is 1. The summed E-state index contributed by atoms with van der Waals surface area (Å²) < 4.78 is 40.6. The largest absolute Gasteiger partial charge is 0.298 e. The first-order chi connectivity index (χ1) is 15.3. The monoisotopic (exact) mass is 487 g/mol. The molecule has 4 aromatic rings. The fourth-order valence-electron chi connectivity index (χ4n) is 2.95. The first-order valence-electron chi connectivity index (χ1n) is 9.49. The van der Waals surface area contributed by atoms with Crippen LogP contribution in [0.4, 0.5) is 15.2 Å². The van der Waals surface area contributed by atoms with E-state index in [1.54, 1.807) is 41.8 Å². The van der Waals surface area contributed by atoms with Crippen LogP contribution in [0.1, 0.15) is 26.5 Å². The molecule has 0 unspecified atom stereocenters. The van der Waals surface area contributed by atoms with Crippen molar-refractivity contribution >= 4 is 49.4 Å². The number of halogens is 1. The summed E-state index contributed by atoms with van der Waals surface area (Å²) >= 11 is 2.46. The van der Waals surface area contributed by atoms with E-state index in [1.165, 1.54) is 35.6 Å². The highest BCUT2D eigenvalue weighted by Crippen LogP contribution is 2.26. The molecule has 2 aromatic carbocycles. The third kappa shape index (κ3) is 5.21. The lowest BCUT2D eigenvalue weighted by atomic mass is 10.1. The van der Waals surface area contributed by atoms with Crippen molar-refractivity contribution in [1.29, 1.82) is 0 Å². The van der Waals surface area contributed by atoms with Crippen LogP contribution in [0.2, 0.25) is 0 Å². The Morgan fingerprint density at radius 3 is 2.59 bits per heavy atom. The van der Waals surface area contributed by atoms with E-state index in [2.05, 4.69) is 15.0 Å². The summed E-state index contributed by atoms with van der Waals surface area (Å²) in [5, 5.41) is 4.88. The van der Waals surface area contributed by atoms with E-state index in [4.69, 9.17) is 0 Å². The lowest BCUT2D eigenvalue weighted by Gasteiger charge is -2.08. The Balaban J connectivity index is 1.46. The summed E-state index contributed by atoms with van der Waals surface area (Å²) in [6.45, 7) is 1.85. The summed E-state index contributed by atoms with van der Waals surface area (Å²) in [6.07, 6.45) is 0.583. The number of anilines is 2. The molecule has 0 saturated carbocycles. The van der Waals surface area contributed by atoms with Crippen molar-refractivity contribution in [2.75, 3.05) is 10.0 Å². The van der Waals surface area contributed by atoms with Crippen LogP contribution in [0.3, 0.4) is 0 Å². The summed E-state index contributed by atoms with van der Waals surface area (Å²) in [4.78, 5) is 18.1. The minimum atomic E-state index is -3.70. The second-order valence-corrected chi connectivity index (χ2v) is 10.8. The number of sulfonamides is 1. The Morgan fingerprint density at radius 2 is 1.88 bits per heavy atom. The van der Waals surface area contributed by atoms with Gasteiger partial charge in [0.25, 0.3) is 15.9 Å². The van der Waals surface area contributed by atoms with Gasteiger partial charge in [0.2, 0.25) is 0 Å². The van der Waals surface area contributed by atoms with Crippen LogP contribution in [0.5, 0.6) is 0 Å². The molecule has 0 spiro atoms. The van der Waals surface area contributed by atoms with Gasteiger partial charge in [-0.2, -0.15) is 0 Å². The van der Waals surface area contributed by atoms with Gasteiger partial charge in [-0.05, 0) is 54.3 Å². The first-order valence-corrected chi connectivity index (χ1v) is 12.7. The van der Waals surface area contributed by atoms with Crippen LogP contribution < -0.4 is 10.0 Å². The fraction of sp³-hybridized carbons (Fsp3) is 0.0909. The molecule has 0 aliphatic heterocycles. The molecular weight excluding hydrogens is 469 g/mol. The van der Waals surface area contributed by atoms with Crippen LogP contribution in [0.25, 0.3) is 0 Å². The van der Waals surface area contributed by atoms with Crippen molar-refractivity contribution in [3.8, 4) is 0 Å². The number of thiazole rings is 1. The van der Waals surface area contributed by atoms with Crippen LogP contribution >= 0.6 is 22.7 Å². The number of thiophene rings is 1. The number of hydrogen-bond donors (Lipinski definition) is 2. The Hall–Kier alpha value is -3.08. The van der Waals surface area contributed by atoms with E-state index in [1.807, 2.05) is 6.92 Å². The molecule has 6 nitrogen and oxygen atoms in total. The molecule has 0 aliphatic rings. The number of benzene rings is 2. The minimum absolute atomic E-state index is 0.194. The highest BCUT2D eigenvalue weighted by atomic mass is 32.2. The molecule has 2 heterocycles. The highest BCUT2D eigenvalue weighted by Gasteiger charge is 2.17. The van der Waals surface area contributed by atoms with Crippen LogP contribution in [-0.4, -0.2) is 19.3 Å². The van der Waals surface area contributed by atoms with Crippen molar-refractivity contribution < 1.29 is 17.6 Å². The minimum Gasteiger partial charge on any atom is -0.298 e. The maximum atomic E-state index is 13.1. The first kappa shape index (κ1) is 22.1. The Labute approximate surface area is 192 Å². The Kier molecular flexibility index (Phi) is 6.35. The summed E-state index contributed by atoms with van der Waals surface area (Å²) in [5.41, 5.74) is 2.32. The Bertz CT molecular complexity index is 1350. The molecule has 32 heavy (non-hydrogen) atoms. The lowest BCUT2D eigenvalue weighted by Crippen LogP contribution is -2.14. The van der Waals surface area contributed by atoms with Crippen molar-refractivity contribution in [3.63, 3.8) is 0 Å². The maximum Gasteiger partial charge on any atom is 0.271 e. The predicted molar refractivity (Wildman–Crippen MR) is 126 cm³/mol. The number of nitrogens with one attached hydrogen (secondary N) is 2. The van der Waals surface area contributed by atoms with Crippen molar-refractivity contribution in [2.24, 2.45) is 0 Å². The molecule has 1 amide bonds. The van der Waals surface area contributed by atoms with E-state index >= 15 is 0 Å². The van der Waals surface area contributed by atoms with E-state index in [9.17, 15) is 17.6 Å². The summed E-state index contributed by atoms with van der Waals surface area (Å²) in [6, 6.07) is 15.7. The van der Waals surface area contributed by atoms with Crippen LogP contribution in [0.15, 0.2) is 70.3 Å². The standard InChI is InChI=1S/C22H18FN3O3S3/c1-14-19(12-15-7-9-17(23)10-8-15)31-22(24-14)25-21(27)16-4-2-5-18(13-16)26-32(28,29)20-6-3-11-30-20/h2-11,13,26H,12H2,1H3,(H,24,25,27). The number of nitrogens with zero attached hydrogens (tertiary/aromatic N) is 1. The summed E-state index contributed by atoms with van der Waals surface area (Å²) in [7, 11) is -3.70. The van der Waals surface area contributed by atoms with Crippen molar-refractivity contribution in [2.45, 2.75) is 17.6 Å². The number of carbonyl (C=O) groups excluding carboxylic acids is 1. The lowest BCUT2D eigenvalue weighted by molar-refractivity contribution is 0.102. The van der Waals surface area contributed by atoms with Gasteiger partial charge in [-0.15, -0.1) is 22.7 Å². The average molecular weight is 488 g/mol. The molecule has 2 N–H and O–H groups in total. The maximum absolute atomic E-state index is 13.1. The van der Waals surface area contributed by atoms with Gasteiger partial charge < -0.3 is 0 Å². The van der Waals surface area contributed by atoms with E-state index < -0.39 is 15.9 Å². The SMILES string of the molecule is Cc1nc(NC(=O)c2cccc(NS(=O)(=O)c3cccs3)c2)sc1Cc1ccc(F)cc1. The number of carbonyl (C=O) groups is 1. The zero-order chi connectivity index (χ0) is 22.7. The molecule has 4 rings (SSSR count). The normalized spacial score (nSPS) is 11.3. The van der Waals surface area contributed by atoms with Gasteiger partial charge in [0.05, 0.1) is 5.69 Å². The number of aromatic nitrogens is 1. The van der Waals surface area contributed by atoms with E-state index in [-0.39, 0.29) is 10.0 Å². The molecule has 0 fully saturated rings. The van der Waals surface area contributed by atoms with Gasteiger partial charge in [0, 0.05) is 22.5 Å². The van der Waals surface area contributed by atoms with Gasteiger partial charge in [0.1, 0.15) is 10.0 Å². The van der Waals surface area contributed by atoms with Crippen LogP contribution in [0, 0.1) is 12.7 Å². The molecule has 2 aromatic heterocycles.